The Morgan fingerprint density at radius 3 is 2.84 bits per heavy atom. The zero-order chi connectivity index (χ0) is 22.9. The first-order valence-electron chi connectivity index (χ1n) is 10.5. The molecule has 168 valence electrons. The van der Waals surface area contributed by atoms with Crippen molar-refractivity contribution in [2.24, 2.45) is 16.3 Å². The monoisotopic (exact) mass is 455 g/mol. The van der Waals surface area contributed by atoms with Crippen LogP contribution in [0.5, 0.6) is 0 Å². The Hall–Kier alpha value is -3.20. The molecule has 3 heterocycles. The van der Waals surface area contributed by atoms with Crippen molar-refractivity contribution in [3.05, 3.63) is 68.2 Å². The van der Waals surface area contributed by atoms with Gasteiger partial charge in [-0.25, -0.2) is 4.99 Å². The molecule has 1 amide bonds. The quantitative estimate of drug-likeness (QED) is 0.292. The maximum atomic E-state index is 13.1. The Bertz CT molecular complexity index is 1150. The minimum absolute atomic E-state index is 0.180. The normalized spacial score (nSPS) is 16.3. The Labute approximate surface area is 189 Å². The number of furan rings is 2. The number of carbonyl (C=O) groups is 1. The molecule has 0 fully saturated rings. The highest BCUT2D eigenvalue weighted by atomic mass is 32.1. The summed E-state index contributed by atoms with van der Waals surface area (Å²) in [6.45, 7) is 7.02. The number of hydrogen-bond acceptors (Lipinski definition) is 7. The van der Waals surface area contributed by atoms with E-state index < -0.39 is 4.92 Å². The molecule has 32 heavy (non-hydrogen) atoms. The number of carbonyl (C=O) groups excluding carboxylic acids is 1. The molecular formula is C23H25N3O5S. The number of amides is 1. The van der Waals surface area contributed by atoms with Gasteiger partial charge in [0.1, 0.15) is 15.7 Å². The highest BCUT2D eigenvalue weighted by molar-refractivity contribution is 7.16. The summed E-state index contributed by atoms with van der Waals surface area (Å²) in [5.41, 5.74) is 1.80. The molecule has 3 aromatic rings. The minimum Gasteiger partial charge on any atom is -0.467 e. The third-order valence-corrected chi connectivity index (χ3v) is 6.97. The van der Waals surface area contributed by atoms with Gasteiger partial charge in [-0.2, -0.15) is 0 Å². The summed E-state index contributed by atoms with van der Waals surface area (Å²) in [4.78, 5) is 29.1. The molecule has 9 heteroatoms. The average molecular weight is 456 g/mol. The second-order valence-electron chi connectivity index (χ2n) is 8.94. The van der Waals surface area contributed by atoms with E-state index >= 15 is 0 Å². The maximum Gasteiger partial charge on any atom is 0.433 e. The fourth-order valence-corrected chi connectivity index (χ4v) is 5.21. The first kappa shape index (κ1) is 22.0. The zero-order valence-corrected chi connectivity index (χ0v) is 19.0. The van der Waals surface area contributed by atoms with E-state index in [1.807, 2.05) is 0 Å². The molecule has 8 nitrogen and oxygen atoms in total. The van der Waals surface area contributed by atoms with Crippen LogP contribution < -0.4 is 5.32 Å². The van der Waals surface area contributed by atoms with Crippen molar-refractivity contribution < 1.29 is 18.6 Å². The van der Waals surface area contributed by atoms with E-state index in [9.17, 15) is 14.9 Å². The van der Waals surface area contributed by atoms with Crippen molar-refractivity contribution >= 4 is 34.3 Å². The van der Waals surface area contributed by atoms with Crippen LogP contribution in [0.2, 0.25) is 0 Å². The summed E-state index contributed by atoms with van der Waals surface area (Å²) in [6, 6.07) is 6.35. The number of fused-ring (bicyclic) bond motifs is 1. The molecule has 4 rings (SSSR count). The summed E-state index contributed by atoms with van der Waals surface area (Å²) < 4.78 is 10.5. The summed E-state index contributed by atoms with van der Waals surface area (Å²) in [5, 5.41) is 14.4. The van der Waals surface area contributed by atoms with Crippen molar-refractivity contribution in [2.45, 2.75) is 46.6 Å². The second kappa shape index (κ2) is 8.74. The molecule has 1 aliphatic rings. The summed E-state index contributed by atoms with van der Waals surface area (Å²) in [7, 11) is 0. The highest BCUT2D eigenvalue weighted by Crippen LogP contribution is 2.45. The lowest BCUT2D eigenvalue weighted by molar-refractivity contribution is -0.402. The first-order valence-corrected chi connectivity index (χ1v) is 11.3. The zero-order valence-electron chi connectivity index (χ0n) is 18.2. The summed E-state index contributed by atoms with van der Waals surface area (Å²) in [6.07, 6.45) is 5.73. The Morgan fingerprint density at radius 1 is 1.38 bits per heavy atom. The van der Waals surface area contributed by atoms with Gasteiger partial charge in [0.2, 0.25) is 0 Å². The Morgan fingerprint density at radius 2 is 2.19 bits per heavy atom. The van der Waals surface area contributed by atoms with Gasteiger partial charge in [0.05, 0.1) is 30.7 Å². The first-order chi connectivity index (χ1) is 15.2. The van der Waals surface area contributed by atoms with E-state index in [0.717, 1.165) is 24.8 Å². The standard InChI is InChI=1S/C23H25N3O5S/c1-23(2,3)14-6-8-17-18(11-14)32-22(25-13-16-7-9-19(31-16)26(28)29)20(17)21(27)24-12-15-5-4-10-30-15/h4-5,7,9-10,13-14H,6,8,11-12H2,1-3H3,(H,24,27)/t14-/m0/s1. The van der Waals surface area contributed by atoms with Gasteiger partial charge in [0.25, 0.3) is 5.91 Å². The van der Waals surface area contributed by atoms with Gasteiger partial charge >= 0.3 is 5.88 Å². The van der Waals surface area contributed by atoms with Crippen LogP contribution in [0.15, 0.2) is 44.4 Å². The van der Waals surface area contributed by atoms with E-state index in [1.54, 1.807) is 18.4 Å². The van der Waals surface area contributed by atoms with Gasteiger partial charge in [-0.15, -0.1) is 11.3 Å². The predicted octanol–water partition coefficient (Wildman–Crippen LogP) is 5.67. The minimum atomic E-state index is -0.596. The topological polar surface area (TPSA) is 111 Å². The van der Waals surface area contributed by atoms with Crippen molar-refractivity contribution in [2.75, 3.05) is 0 Å². The van der Waals surface area contributed by atoms with Crippen LogP contribution in [0.25, 0.3) is 0 Å². The molecule has 0 saturated carbocycles. The third kappa shape index (κ3) is 4.67. The van der Waals surface area contributed by atoms with Crippen LogP contribution in [-0.4, -0.2) is 17.0 Å². The highest BCUT2D eigenvalue weighted by Gasteiger charge is 2.33. The van der Waals surface area contributed by atoms with Crippen molar-refractivity contribution in [1.82, 2.24) is 5.32 Å². The summed E-state index contributed by atoms with van der Waals surface area (Å²) in [5.74, 6) is 0.907. The van der Waals surface area contributed by atoms with Gasteiger partial charge in [-0.05, 0) is 54.4 Å². The average Bonchev–Trinajstić information content (AvgIpc) is 3.48. The largest absolute Gasteiger partial charge is 0.467 e. The SMILES string of the molecule is CC(C)(C)[C@H]1CCc2c(sc(N=Cc3ccc([N+](=O)[O-])o3)c2C(=O)NCc2ccco2)C1. The van der Waals surface area contributed by atoms with Crippen molar-refractivity contribution in [3.63, 3.8) is 0 Å². The van der Waals surface area contributed by atoms with E-state index in [1.165, 1.54) is 34.6 Å². The number of nitrogens with zero attached hydrogens (tertiary/aromatic N) is 2. The van der Waals surface area contributed by atoms with Crippen molar-refractivity contribution in [3.8, 4) is 0 Å². The van der Waals surface area contributed by atoms with E-state index in [2.05, 4.69) is 31.1 Å². The lowest BCUT2D eigenvalue weighted by Crippen LogP contribution is -2.28. The predicted molar refractivity (Wildman–Crippen MR) is 122 cm³/mol. The smallest absolute Gasteiger partial charge is 0.433 e. The lowest BCUT2D eigenvalue weighted by atomic mass is 9.72. The number of rotatable bonds is 6. The van der Waals surface area contributed by atoms with Gasteiger partial charge in [-0.3, -0.25) is 14.9 Å². The van der Waals surface area contributed by atoms with Crippen molar-refractivity contribution in [1.29, 1.82) is 0 Å². The van der Waals surface area contributed by atoms with Crippen LogP contribution >= 0.6 is 11.3 Å². The Balaban J connectivity index is 1.64. The molecular weight excluding hydrogens is 430 g/mol. The van der Waals surface area contributed by atoms with E-state index in [0.29, 0.717) is 22.2 Å². The van der Waals surface area contributed by atoms with Crippen LogP contribution in [0.3, 0.4) is 0 Å². The van der Waals surface area contributed by atoms with E-state index in [4.69, 9.17) is 8.83 Å². The van der Waals surface area contributed by atoms with Gasteiger partial charge in [0.15, 0.2) is 5.76 Å². The van der Waals surface area contributed by atoms with Crippen LogP contribution in [-0.2, 0) is 19.4 Å². The summed E-state index contributed by atoms with van der Waals surface area (Å²) >= 11 is 1.51. The van der Waals surface area contributed by atoms with Gasteiger partial charge in [0, 0.05) is 4.88 Å². The molecule has 1 aliphatic carbocycles. The van der Waals surface area contributed by atoms with Crippen LogP contribution in [0, 0.1) is 21.4 Å². The molecule has 0 spiro atoms. The molecule has 0 bridgehead atoms. The third-order valence-electron chi connectivity index (χ3n) is 5.80. The fraction of sp³-hybridized carbons (Fsp3) is 0.391. The van der Waals surface area contributed by atoms with Crippen LogP contribution in [0.1, 0.15) is 59.5 Å². The molecule has 0 radical (unpaired) electrons. The number of nitrogens with one attached hydrogen (secondary N) is 1. The molecule has 0 aliphatic heterocycles. The molecule has 0 aromatic carbocycles. The number of aliphatic imine (C=N–C) groups is 1. The van der Waals surface area contributed by atoms with Crippen LogP contribution in [0.4, 0.5) is 10.9 Å². The van der Waals surface area contributed by atoms with Gasteiger partial charge < -0.3 is 14.2 Å². The molecule has 0 unspecified atom stereocenters. The molecule has 1 N–H and O–H groups in total. The number of nitro groups is 1. The Kier molecular flexibility index (Phi) is 6.01. The molecule has 0 saturated heterocycles. The maximum absolute atomic E-state index is 13.1. The molecule has 1 atom stereocenters. The van der Waals surface area contributed by atoms with E-state index in [-0.39, 0.29) is 29.5 Å². The fourth-order valence-electron chi connectivity index (χ4n) is 3.94. The second-order valence-corrected chi connectivity index (χ2v) is 10.0. The lowest BCUT2D eigenvalue weighted by Gasteiger charge is -2.33. The molecule has 3 aromatic heterocycles. The number of thiophene rings is 1. The van der Waals surface area contributed by atoms with Gasteiger partial charge in [-0.1, -0.05) is 20.8 Å². The number of hydrogen-bond donors (Lipinski definition) is 1.